The van der Waals surface area contributed by atoms with E-state index in [9.17, 15) is 0 Å². The molecular weight excluding hydrogens is 96.9 g/mol. The summed E-state index contributed by atoms with van der Waals surface area (Å²) in [5.74, 6) is 0. The molecule has 50 valence electrons. The van der Waals surface area contributed by atoms with Crippen molar-refractivity contribution in [2.24, 2.45) is 0 Å². The van der Waals surface area contributed by atoms with E-state index >= 15 is 0 Å². The summed E-state index contributed by atoms with van der Waals surface area (Å²) >= 11 is 0. The molecule has 1 N–H and O–H groups in total. The van der Waals surface area contributed by atoms with E-state index in [-0.39, 0.29) is 0 Å². The molecule has 0 atom stereocenters. The standard InChI is InChI=1S/C6H18BN/c1-5(2)8(7)6(3)4/h5-6,8H,1-4,7H3. The Morgan fingerprint density at radius 3 is 1.25 bits per heavy atom. The van der Waals surface area contributed by atoms with Crippen molar-refractivity contribution in [1.82, 2.24) is 0 Å². The van der Waals surface area contributed by atoms with Gasteiger partial charge in [0.2, 0.25) is 0 Å². The topological polar surface area (TPSA) is 4.44 Å². The molecule has 0 unspecified atom stereocenters. The number of hydrogen-bond acceptors (Lipinski definition) is 0. The van der Waals surface area contributed by atoms with Crippen LogP contribution >= 0.6 is 0 Å². The molecule has 0 aromatic heterocycles. The van der Waals surface area contributed by atoms with Crippen molar-refractivity contribution < 1.29 is 4.81 Å². The van der Waals surface area contributed by atoms with Gasteiger partial charge in [-0.3, -0.25) is 0 Å². The first kappa shape index (κ1) is 8.02. The fraction of sp³-hybridized carbons (Fsp3) is 1.00. The van der Waals surface area contributed by atoms with Crippen LogP contribution in [0.25, 0.3) is 0 Å². The molecule has 0 heterocycles. The highest BCUT2D eigenvalue weighted by Gasteiger charge is 2.02. The first-order chi connectivity index (χ1) is 3.55. The Balaban J connectivity index is 3.46. The Labute approximate surface area is 53.5 Å². The Morgan fingerprint density at radius 1 is 1.00 bits per heavy atom. The maximum atomic E-state index is 2.31. The average molecular weight is 115 g/mol. The van der Waals surface area contributed by atoms with Crippen LogP contribution in [0.5, 0.6) is 0 Å². The van der Waals surface area contributed by atoms with E-state index in [1.807, 2.05) is 4.81 Å². The highest BCUT2D eigenvalue weighted by atomic mass is 15.1. The molecule has 8 heavy (non-hydrogen) atoms. The van der Waals surface area contributed by atoms with E-state index in [2.05, 4.69) is 27.7 Å². The lowest BCUT2D eigenvalue weighted by molar-refractivity contribution is -0.827. The zero-order valence-electron chi connectivity index (χ0n) is 5.65. The summed E-state index contributed by atoms with van der Waals surface area (Å²) < 4.78 is 0. The molecular formula is C6H18BN. The van der Waals surface area contributed by atoms with Gasteiger partial charge in [-0.1, -0.05) is 0 Å². The summed E-state index contributed by atoms with van der Waals surface area (Å²) in [6.07, 6.45) is 0. The van der Waals surface area contributed by atoms with Gasteiger partial charge < -0.3 is 4.81 Å². The van der Waals surface area contributed by atoms with Gasteiger partial charge in [0.1, 0.15) is 0 Å². The lowest BCUT2D eigenvalue weighted by Crippen LogP contribution is -3.16. The normalized spacial score (nSPS) is 12.0. The molecule has 0 bridgehead atoms. The molecule has 0 fully saturated rings. The van der Waals surface area contributed by atoms with Gasteiger partial charge in [-0.2, -0.15) is 0 Å². The van der Waals surface area contributed by atoms with Gasteiger partial charge in [-0.05, 0) is 27.7 Å². The van der Waals surface area contributed by atoms with Crippen LogP contribution in [0.2, 0.25) is 0 Å². The average Bonchev–Trinajstić information content (AvgIpc) is 1.64. The van der Waals surface area contributed by atoms with Crippen LogP contribution < -0.4 is 4.81 Å². The SMILES string of the molecule is [BH3-][NH+](C(C)C)C(C)C. The minimum absolute atomic E-state index is 0.509. The summed E-state index contributed by atoms with van der Waals surface area (Å²) in [6, 6.07) is 1.74. The van der Waals surface area contributed by atoms with E-state index in [0.29, 0.717) is 7.98 Å². The van der Waals surface area contributed by atoms with Gasteiger partial charge in [0.25, 0.3) is 0 Å². The van der Waals surface area contributed by atoms with Crippen LogP contribution in [0, 0.1) is 0 Å². The second kappa shape index (κ2) is 3.13. The van der Waals surface area contributed by atoms with Gasteiger partial charge in [-0.25, -0.2) is 0 Å². The van der Waals surface area contributed by atoms with E-state index in [1.54, 1.807) is 0 Å². The van der Waals surface area contributed by atoms with Crippen molar-refractivity contribution in [3.05, 3.63) is 0 Å². The molecule has 1 nitrogen and oxygen atoms in total. The Bertz CT molecular complexity index is 53.5. The van der Waals surface area contributed by atoms with Crippen molar-refractivity contribution in [3.63, 3.8) is 0 Å². The van der Waals surface area contributed by atoms with Crippen LogP contribution in [0.15, 0.2) is 0 Å². The number of hydrogen-bond donors (Lipinski definition) is 1. The van der Waals surface area contributed by atoms with Crippen LogP contribution in [0.1, 0.15) is 27.7 Å². The van der Waals surface area contributed by atoms with Crippen molar-refractivity contribution in [3.8, 4) is 0 Å². The van der Waals surface area contributed by atoms with Crippen LogP contribution in [-0.4, -0.2) is 20.1 Å². The minimum Gasteiger partial charge on any atom is -0.529 e. The summed E-state index contributed by atoms with van der Waals surface area (Å²) in [4.78, 5) is 1.85. The third-order valence-electron chi connectivity index (χ3n) is 0.667. The highest BCUT2D eigenvalue weighted by molar-refractivity contribution is 5.95. The molecule has 0 rings (SSSR count). The van der Waals surface area contributed by atoms with Gasteiger partial charge in [-0.15, -0.1) is 0 Å². The molecule has 2 heteroatoms. The molecule has 0 spiro atoms. The molecule has 0 aliphatic rings. The third-order valence-corrected chi connectivity index (χ3v) is 0.667. The second-order valence-electron chi connectivity index (χ2n) is 2.48. The van der Waals surface area contributed by atoms with Gasteiger partial charge >= 0.3 is 0 Å². The molecule has 0 saturated heterocycles. The first-order valence-corrected chi connectivity index (χ1v) is 2.89. The van der Waals surface area contributed by atoms with E-state index < -0.39 is 0 Å². The van der Waals surface area contributed by atoms with Gasteiger partial charge in [0.05, 0.1) is 0 Å². The molecule has 0 saturated carbocycles. The maximum absolute atomic E-state index is 2.31. The lowest BCUT2D eigenvalue weighted by Gasteiger charge is -2.30. The predicted octanol–water partition coefficient (Wildman–Crippen LogP) is -1.03. The van der Waals surface area contributed by atoms with E-state index in [0.717, 1.165) is 12.1 Å². The van der Waals surface area contributed by atoms with Gasteiger partial charge in [0, 0.05) is 12.1 Å². The highest BCUT2D eigenvalue weighted by Crippen LogP contribution is 1.71. The summed E-state index contributed by atoms with van der Waals surface area (Å²) in [5, 5.41) is 0. The predicted molar refractivity (Wildman–Crippen MR) is 41.2 cm³/mol. The van der Waals surface area contributed by atoms with E-state index in [1.165, 1.54) is 0 Å². The van der Waals surface area contributed by atoms with E-state index in [4.69, 9.17) is 0 Å². The number of nitrogens with one attached hydrogen (secondary N) is 1. The van der Waals surface area contributed by atoms with Crippen molar-refractivity contribution in [2.75, 3.05) is 0 Å². The second-order valence-corrected chi connectivity index (χ2v) is 2.48. The third kappa shape index (κ3) is 2.36. The molecule has 0 aliphatic heterocycles. The summed E-state index contributed by atoms with van der Waals surface area (Å²) in [6.45, 7) is 9.23. The maximum Gasteiger partial charge on any atom is 0.168 e. The molecule has 0 aromatic carbocycles. The smallest absolute Gasteiger partial charge is 0.168 e. The summed E-state index contributed by atoms with van der Waals surface area (Å²) in [7, 11) is 0.509. The lowest BCUT2D eigenvalue weighted by atomic mass is 10.1. The number of rotatable bonds is 2. The molecule has 0 radical (unpaired) electrons. The quantitative estimate of drug-likeness (QED) is 0.439. The summed E-state index contributed by atoms with van der Waals surface area (Å²) in [5.41, 5.74) is 0. The Morgan fingerprint density at radius 2 is 1.25 bits per heavy atom. The van der Waals surface area contributed by atoms with Crippen LogP contribution in [-0.2, 0) is 0 Å². The Kier molecular flexibility index (Phi) is 3.14. The zero-order valence-corrected chi connectivity index (χ0v) is 5.65. The fourth-order valence-electron chi connectivity index (χ4n) is 0.667. The van der Waals surface area contributed by atoms with Crippen molar-refractivity contribution in [1.29, 1.82) is 0 Å². The molecule has 0 aromatic rings. The largest absolute Gasteiger partial charge is 0.529 e. The van der Waals surface area contributed by atoms with Gasteiger partial charge in [0.15, 0.2) is 7.98 Å². The molecule has 0 aliphatic carbocycles. The Hall–Kier alpha value is 0.0249. The zero-order chi connectivity index (χ0) is 6.73. The molecule has 0 amide bonds. The van der Waals surface area contributed by atoms with Crippen LogP contribution in [0.3, 0.4) is 0 Å². The van der Waals surface area contributed by atoms with Crippen molar-refractivity contribution in [2.45, 2.75) is 39.8 Å². The van der Waals surface area contributed by atoms with Crippen molar-refractivity contribution >= 4 is 7.98 Å². The van der Waals surface area contributed by atoms with Crippen LogP contribution in [0.4, 0.5) is 0 Å². The minimum atomic E-state index is 0.509. The monoisotopic (exact) mass is 115 g/mol. The first-order valence-electron chi connectivity index (χ1n) is 2.89. The number of quaternary nitrogens is 1. The fourth-order valence-corrected chi connectivity index (χ4v) is 0.667.